The highest BCUT2D eigenvalue weighted by Gasteiger charge is 2.16. The summed E-state index contributed by atoms with van der Waals surface area (Å²) in [6.07, 6.45) is 1.71. The van der Waals surface area contributed by atoms with Crippen LogP contribution in [0.4, 0.5) is 0 Å². The Kier molecular flexibility index (Phi) is 5.37. The van der Waals surface area contributed by atoms with Crippen LogP contribution in [0.5, 0.6) is 5.75 Å². The van der Waals surface area contributed by atoms with E-state index in [1.54, 1.807) is 13.3 Å². The van der Waals surface area contributed by atoms with Gasteiger partial charge in [0, 0.05) is 11.8 Å². The lowest BCUT2D eigenvalue weighted by Gasteiger charge is -2.18. The van der Waals surface area contributed by atoms with Gasteiger partial charge in [0.15, 0.2) is 0 Å². The Hall–Kier alpha value is -2.77. The normalized spacial score (nSPS) is 12.1. The number of hydrogen-bond acceptors (Lipinski definition) is 7. The predicted octanol–water partition coefficient (Wildman–Crippen LogP) is 2.27. The smallest absolute Gasteiger partial charge is 0.240 e. The Morgan fingerprint density at radius 3 is 2.88 bits per heavy atom. The Morgan fingerprint density at radius 1 is 1.28 bits per heavy atom. The van der Waals surface area contributed by atoms with Crippen molar-refractivity contribution in [3.05, 3.63) is 59.6 Å². The molecule has 0 bridgehead atoms. The third kappa shape index (κ3) is 4.01. The van der Waals surface area contributed by atoms with E-state index in [9.17, 15) is 5.11 Å². The third-order valence-electron chi connectivity index (χ3n) is 3.81. The van der Waals surface area contributed by atoms with Gasteiger partial charge in [-0.25, -0.2) is 0 Å². The van der Waals surface area contributed by atoms with Crippen molar-refractivity contribution >= 4 is 0 Å². The molecule has 1 atom stereocenters. The molecule has 2 N–H and O–H groups in total. The average Bonchev–Trinajstić information content (AvgIpc) is 3.12. The summed E-state index contributed by atoms with van der Waals surface area (Å²) >= 11 is 0. The van der Waals surface area contributed by atoms with E-state index in [0.29, 0.717) is 29.7 Å². The van der Waals surface area contributed by atoms with E-state index in [4.69, 9.17) is 9.26 Å². The van der Waals surface area contributed by atoms with Gasteiger partial charge in [-0.1, -0.05) is 23.4 Å². The fourth-order valence-electron chi connectivity index (χ4n) is 2.53. The molecule has 2 heterocycles. The Balaban J connectivity index is 1.70. The highest BCUT2D eigenvalue weighted by Crippen LogP contribution is 2.24. The molecule has 0 saturated carbocycles. The van der Waals surface area contributed by atoms with E-state index in [1.807, 2.05) is 43.3 Å². The molecule has 1 aromatic carbocycles. The molecule has 2 aromatic heterocycles. The number of nitrogens with one attached hydrogen (secondary N) is 1. The molecule has 130 valence electrons. The van der Waals surface area contributed by atoms with E-state index < -0.39 is 0 Å². The van der Waals surface area contributed by atoms with Crippen LogP contribution < -0.4 is 10.1 Å². The summed E-state index contributed by atoms with van der Waals surface area (Å²) in [5, 5.41) is 16.9. The number of aromatic nitrogens is 3. The van der Waals surface area contributed by atoms with E-state index in [-0.39, 0.29) is 12.6 Å². The zero-order valence-corrected chi connectivity index (χ0v) is 14.1. The summed E-state index contributed by atoms with van der Waals surface area (Å²) in [4.78, 5) is 8.59. The summed E-state index contributed by atoms with van der Waals surface area (Å²) in [5.74, 6) is 1.58. The zero-order chi connectivity index (χ0) is 17.6. The van der Waals surface area contributed by atoms with Crippen molar-refractivity contribution in [2.24, 2.45) is 0 Å². The zero-order valence-electron chi connectivity index (χ0n) is 14.1. The van der Waals surface area contributed by atoms with Crippen LogP contribution in [0.25, 0.3) is 11.5 Å². The maximum atomic E-state index is 9.70. The van der Waals surface area contributed by atoms with Crippen LogP contribution in [0, 0.1) is 6.92 Å². The van der Waals surface area contributed by atoms with Crippen LogP contribution in [-0.4, -0.2) is 33.9 Å². The predicted molar refractivity (Wildman–Crippen MR) is 91.9 cm³/mol. The number of para-hydroxylation sites is 1. The van der Waals surface area contributed by atoms with E-state index >= 15 is 0 Å². The maximum absolute atomic E-state index is 9.70. The van der Waals surface area contributed by atoms with Crippen molar-refractivity contribution in [2.75, 3.05) is 13.7 Å². The third-order valence-corrected chi connectivity index (χ3v) is 3.81. The summed E-state index contributed by atoms with van der Waals surface area (Å²) in [6.45, 7) is 2.22. The first kappa shape index (κ1) is 17.1. The second kappa shape index (κ2) is 7.87. The van der Waals surface area contributed by atoms with Crippen molar-refractivity contribution in [3.63, 3.8) is 0 Å². The first-order valence-corrected chi connectivity index (χ1v) is 7.94. The fourth-order valence-corrected chi connectivity index (χ4v) is 2.53. The number of hydrogen-bond donors (Lipinski definition) is 2. The van der Waals surface area contributed by atoms with Crippen molar-refractivity contribution in [2.45, 2.75) is 19.5 Å². The number of rotatable bonds is 7. The molecule has 0 aliphatic rings. The Bertz CT molecular complexity index is 834. The summed E-state index contributed by atoms with van der Waals surface area (Å²) in [5.41, 5.74) is 2.61. The SMILES string of the molecule is COc1ccccc1C(CO)NCc1nc(-c2cc(C)ccn2)no1. The Labute approximate surface area is 145 Å². The lowest BCUT2D eigenvalue weighted by atomic mass is 10.1. The molecule has 0 aliphatic carbocycles. The lowest BCUT2D eigenvalue weighted by Crippen LogP contribution is -2.24. The van der Waals surface area contributed by atoms with Crippen LogP contribution in [-0.2, 0) is 6.54 Å². The molecule has 7 heteroatoms. The minimum Gasteiger partial charge on any atom is -0.496 e. The molecule has 0 aliphatic heterocycles. The summed E-state index contributed by atoms with van der Waals surface area (Å²) < 4.78 is 10.6. The van der Waals surface area contributed by atoms with Crippen molar-refractivity contribution < 1.29 is 14.4 Å². The molecular weight excluding hydrogens is 320 g/mol. The van der Waals surface area contributed by atoms with E-state index in [1.165, 1.54) is 0 Å². The first-order valence-electron chi connectivity index (χ1n) is 7.94. The average molecular weight is 340 g/mol. The Morgan fingerprint density at radius 2 is 2.12 bits per heavy atom. The van der Waals surface area contributed by atoms with Gasteiger partial charge in [0.25, 0.3) is 0 Å². The molecule has 0 saturated heterocycles. The monoisotopic (exact) mass is 340 g/mol. The van der Waals surface area contributed by atoms with Crippen LogP contribution in [0.3, 0.4) is 0 Å². The van der Waals surface area contributed by atoms with Crippen LogP contribution in [0.1, 0.15) is 23.1 Å². The highest BCUT2D eigenvalue weighted by molar-refractivity contribution is 5.48. The summed E-state index contributed by atoms with van der Waals surface area (Å²) in [6, 6.07) is 11.0. The van der Waals surface area contributed by atoms with E-state index in [2.05, 4.69) is 20.4 Å². The van der Waals surface area contributed by atoms with Crippen LogP contribution in [0.15, 0.2) is 47.1 Å². The number of methoxy groups -OCH3 is 1. The van der Waals surface area contributed by atoms with Crippen molar-refractivity contribution in [1.29, 1.82) is 0 Å². The van der Waals surface area contributed by atoms with Gasteiger partial charge in [0.05, 0.1) is 26.3 Å². The molecule has 1 unspecified atom stereocenters. The number of nitrogens with zero attached hydrogens (tertiary/aromatic N) is 3. The van der Waals surface area contributed by atoms with Gasteiger partial charge in [0.2, 0.25) is 11.7 Å². The van der Waals surface area contributed by atoms with Crippen LogP contribution >= 0.6 is 0 Å². The second-order valence-corrected chi connectivity index (χ2v) is 5.59. The molecule has 3 rings (SSSR count). The van der Waals surface area contributed by atoms with Crippen LogP contribution in [0.2, 0.25) is 0 Å². The molecule has 25 heavy (non-hydrogen) atoms. The minimum absolute atomic E-state index is 0.0825. The maximum Gasteiger partial charge on any atom is 0.240 e. The fraction of sp³-hybridized carbons (Fsp3) is 0.278. The van der Waals surface area contributed by atoms with E-state index in [0.717, 1.165) is 11.1 Å². The number of aliphatic hydroxyl groups is 1. The van der Waals surface area contributed by atoms with Gasteiger partial charge in [-0.2, -0.15) is 4.98 Å². The molecule has 0 radical (unpaired) electrons. The summed E-state index contributed by atoms with van der Waals surface area (Å²) in [7, 11) is 1.60. The largest absolute Gasteiger partial charge is 0.496 e. The number of aryl methyl sites for hydroxylation is 1. The quantitative estimate of drug-likeness (QED) is 0.681. The molecule has 3 aromatic rings. The second-order valence-electron chi connectivity index (χ2n) is 5.59. The minimum atomic E-state index is -0.302. The lowest BCUT2D eigenvalue weighted by molar-refractivity contribution is 0.234. The number of aliphatic hydroxyl groups excluding tert-OH is 1. The van der Waals surface area contributed by atoms with Gasteiger partial charge in [0.1, 0.15) is 11.4 Å². The molecule has 0 spiro atoms. The number of benzene rings is 1. The van der Waals surface area contributed by atoms with Gasteiger partial charge < -0.3 is 14.4 Å². The van der Waals surface area contributed by atoms with Gasteiger partial charge in [-0.3, -0.25) is 10.3 Å². The first-order chi connectivity index (χ1) is 12.2. The molecule has 0 amide bonds. The molecular formula is C18H20N4O3. The highest BCUT2D eigenvalue weighted by atomic mass is 16.5. The van der Waals surface area contributed by atoms with Crippen molar-refractivity contribution in [3.8, 4) is 17.3 Å². The number of ether oxygens (including phenoxy) is 1. The van der Waals surface area contributed by atoms with Gasteiger partial charge in [-0.05, 0) is 30.7 Å². The van der Waals surface area contributed by atoms with Gasteiger partial charge >= 0.3 is 0 Å². The van der Waals surface area contributed by atoms with Crippen molar-refractivity contribution in [1.82, 2.24) is 20.4 Å². The van der Waals surface area contributed by atoms with Gasteiger partial charge in [-0.15, -0.1) is 0 Å². The molecule has 0 fully saturated rings. The standard InChI is InChI=1S/C18H20N4O3/c1-12-7-8-19-14(9-12)18-21-17(25-22-18)10-20-15(11-23)13-5-3-4-6-16(13)24-2/h3-9,15,20,23H,10-11H2,1-2H3. The number of pyridine rings is 1. The topological polar surface area (TPSA) is 93.3 Å². The molecule has 7 nitrogen and oxygen atoms in total.